The third-order valence-electron chi connectivity index (χ3n) is 2.57. The van der Waals surface area contributed by atoms with Crippen LogP contribution in [0, 0.1) is 0 Å². The monoisotopic (exact) mass is 282 g/mol. The molecular weight excluding hydrogens is 260 g/mol. The number of ether oxygens (including phenoxy) is 3. The summed E-state index contributed by atoms with van der Waals surface area (Å²) in [5, 5.41) is 42.6. The van der Waals surface area contributed by atoms with Gasteiger partial charge in [-0.05, 0) is 0 Å². The maximum absolute atomic E-state index is 8.77. The Labute approximate surface area is 111 Å². The maximum Gasteiger partial charge on any atom is 0.110 e. The van der Waals surface area contributed by atoms with Gasteiger partial charge in [0, 0.05) is 0 Å². The summed E-state index contributed by atoms with van der Waals surface area (Å²) in [7, 11) is 0. The molecular formula is C11H22O8. The van der Waals surface area contributed by atoms with Crippen LogP contribution in [0.2, 0.25) is 0 Å². The molecule has 2 fully saturated rings. The van der Waals surface area contributed by atoms with Gasteiger partial charge in [-0.3, -0.25) is 0 Å². The van der Waals surface area contributed by atoms with Gasteiger partial charge in [-0.2, -0.15) is 0 Å². The quantitative estimate of drug-likeness (QED) is 0.295. The Morgan fingerprint density at radius 1 is 0.895 bits per heavy atom. The third kappa shape index (κ3) is 7.75. The van der Waals surface area contributed by atoms with Crippen molar-refractivity contribution in [3.8, 4) is 0 Å². The fraction of sp³-hybridized carbons (Fsp3) is 1.00. The van der Waals surface area contributed by atoms with Gasteiger partial charge >= 0.3 is 0 Å². The predicted octanol–water partition coefficient (Wildman–Crippen LogP) is -3.15. The zero-order valence-electron chi connectivity index (χ0n) is 10.6. The molecule has 0 saturated carbocycles. The summed E-state index contributed by atoms with van der Waals surface area (Å²) in [5.41, 5.74) is 0. The molecule has 0 spiro atoms. The summed E-state index contributed by atoms with van der Waals surface area (Å²) < 4.78 is 15.1. The molecule has 0 amide bonds. The number of hydrogen-bond donors (Lipinski definition) is 5. The van der Waals surface area contributed by atoms with E-state index in [4.69, 9.17) is 39.7 Å². The molecule has 2 saturated heterocycles. The van der Waals surface area contributed by atoms with E-state index in [2.05, 4.69) is 0 Å². The van der Waals surface area contributed by atoms with E-state index in [-0.39, 0.29) is 0 Å². The largest absolute Gasteiger partial charge is 0.394 e. The van der Waals surface area contributed by atoms with E-state index >= 15 is 0 Å². The van der Waals surface area contributed by atoms with E-state index in [1.165, 1.54) is 0 Å². The van der Waals surface area contributed by atoms with Crippen LogP contribution < -0.4 is 0 Å². The highest BCUT2D eigenvalue weighted by molar-refractivity contribution is 4.73. The SMILES string of the molecule is C(OCC1CO1)C1CO1.OCC(O)C(O)C(O)CO. The first-order valence-electron chi connectivity index (χ1n) is 6.15. The van der Waals surface area contributed by atoms with Crippen molar-refractivity contribution in [1.29, 1.82) is 0 Å². The lowest BCUT2D eigenvalue weighted by molar-refractivity contribution is -0.0900. The van der Waals surface area contributed by atoms with Crippen molar-refractivity contribution in [3.63, 3.8) is 0 Å². The Hall–Kier alpha value is -0.320. The van der Waals surface area contributed by atoms with Crippen molar-refractivity contribution in [3.05, 3.63) is 0 Å². The first-order valence-corrected chi connectivity index (χ1v) is 6.15. The highest BCUT2D eigenvalue weighted by atomic mass is 16.6. The van der Waals surface area contributed by atoms with Crippen molar-refractivity contribution < 1.29 is 39.7 Å². The number of aliphatic hydroxyl groups excluding tert-OH is 5. The molecule has 0 aromatic heterocycles. The van der Waals surface area contributed by atoms with Gasteiger partial charge in [-0.15, -0.1) is 0 Å². The molecule has 19 heavy (non-hydrogen) atoms. The van der Waals surface area contributed by atoms with Crippen molar-refractivity contribution in [2.45, 2.75) is 30.5 Å². The smallest absolute Gasteiger partial charge is 0.110 e. The zero-order chi connectivity index (χ0) is 14.3. The number of rotatable bonds is 8. The van der Waals surface area contributed by atoms with Gasteiger partial charge in [0.2, 0.25) is 0 Å². The van der Waals surface area contributed by atoms with Crippen LogP contribution >= 0.6 is 0 Å². The summed E-state index contributed by atoms with van der Waals surface area (Å²) in [5.74, 6) is 0. The average molecular weight is 282 g/mol. The Morgan fingerprint density at radius 3 is 1.53 bits per heavy atom. The molecule has 8 nitrogen and oxygen atoms in total. The third-order valence-corrected chi connectivity index (χ3v) is 2.57. The van der Waals surface area contributed by atoms with Gasteiger partial charge in [0.1, 0.15) is 30.5 Å². The molecule has 5 N–H and O–H groups in total. The summed E-state index contributed by atoms with van der Waals surface area (Å²) in [4.78, 5) is 0. The first-order chi connectivity index (χ1) is 9.08. The van der Waals surface area contributed by atoms with Gasteiger partial charge in [-0.25, -0.2) is 0 Å². The Morgan fingerprint density at radius 2 is 1.26 bits per heavy atom. The fourth-order valence-corrected chi connectivity index (χ4v) is 1.13. The van der Waals surface area contributed by atoms with Crippen molar-refractivity contribution in [1.82, 2.24) is 0 Å². The molecule has 4 atom stereocenters. The van der Waals surface area contributed by atoms with Gasteiger partial charge in [0.25, 0.3) is 0 Å². The van der Waals surface area contributed by atoms with E-state index < -0.39 is 31.5 Å². The highest BCUT2D eigenvalue weighted by Gasteiger charge is 2.26. The first kappa shape index (κ1) is 16.7. The molecule has 2 heterocycles. The molecule has 2 aliphatic heterocycles. The molecule has 114 valence electrons. The molecule has 8 heteroatoms. The minimum atomic E-state index is -1.49. The Kier molecular flexibility index (Phi) is 7.73. The standard InChI is InChI=1S/C6H10O3.C5H12O5/c1(5-3-8-5)7-2-6-4-9-6;6-1-3(8)5(10)4(9)2-7/h5-6H,1-4H2;3-10H,1-2H2. The average Bonchev–Trinajstić information content (AvgIpc) is 3.31. The number of hydrogen-bond acceptors (Lipinski definition) is 8. The molecule has 0 bridgehead atoms. The summed E-state index contributed by atoms with van der Waals surface area (Å²) in [6.07, 6.45) is -3.51. The van der Waals surface area contributed by atoms with Crippen LogP contribution in [-0.4, -0.2) is 95.7 Å². The molecule has 0 aromatic rings. The minimum Gasteiger partial charge on any atom is -0.394 e. The van der Waals surface area contributed by atoms with E-state index in [9.17, 15) is 0 Å². The van der Waals surface area contributed by atoms with Crippen LogP contribution in [0.3, 0.4) is 0 Å². The summed E-state index contributed by atoms with van der Waals surface area (Å²) in [6, 6.07) is 0. The topological polar surface area (TPSA) is 135 Å². The maximum atomic E-state index is 8.77. The Balaban J connectivity index is 0.000000190. The van der Waals surface area contributed by atoms with Gasteiger partial charge in [0.05, 0.1) is 39.6 Å². The molecule has 4 unspecified atom stereocenters. The molecule has 0 aliphatic carbocycles. The normalized spacial score (nSPS) is 28.9. The van der Waals surface area contributed by atoms with E-state index in [1.807, 2.05) is 0 Å². The van der Waals surface area contributed by atoms with Crippen molar-refractivity contribution >= 4 is 0 Å². The lowest BCUT2D eigenvalue weighted by atomic mass is 10.1. The van der Waals surface area contributed by atoms with Gasteiger partial charge in [-0.1, -0.05) is 0 Å². The Bertz CT molecular complexity index is 209. The fourth-order valence-electron chi connectivity index (χ4n) is 1.13. The summed E-state index contributed by atoms with van der Waals surface area (Å²) in [6.45, 7) is 1.98. The van der Waals surface area contributed by atoms with Gasteiger partial charge in [0.15, 0.2) is 0 Å². The lowest BCUT2D eigenvalue weighted by Crippen LogP contribution is -2.41. The number of epoxide rings is 2. The second-order valence-corrected chi connectivity index (χ2v) is 4.44. The van der Waals surface area contributed by atoms with Crippen LogP contribution in [-0.2, 0) is 14.2 Å². The van der Waals surface area contributed by atoms with Crippen molar-refractivity contribution in [2.24, 2.45) is 0 Å². The second-order valence-electron chi connectivity index (χ2n) is 4.44. The molecule has 2 rings (SSSR count). The number of aliphatic hydroxyl groups is 5. The highest BCUT2D eigenvalue weighted by Crippen LogP contribution is 2.12. The van der Waals surface area contributed by atoms with Crippen LogP contribution in [0.5, 0.6) is 0 Å². The van der Waals surface area contributed by atoms with Gasteiger partial charge < -0.3 is 39.7 Å². The molecule has 2 aliphatic rings. The van der Waals surface area contributed by atoms with Crippen LogP contribution in [0.25, 0.3) is 0 Å². The van der Waals surface area contributed by atoms with Crippen LogP contribution in [0.4, 0.5) is 0 Å². The van der Waals surface area contributed by atoms with Crippen LogP contribution in [0.1, 0.15) is 0 Å². The van der Waals surface area contributed by atoms with E-state index in [0.29, 0.717) is 12.2 Å². The predicted molar refractivity (Wildman–Crippen MR) is 62.5 cm³/mol. The van der Waals surface area contributed by atoms with E-state index in [0.717, 1.165) is 26.4 Å². The molecule has 0 radical (unpaired) electrons. The van der Waals surface area contributed by atoms with E-state index in [1.54, 1.807) is 0 Å². The minimum absolute atomic E-state index is 0.392. The van der Waals surface area contributed by atoms with Crippen LogP contribution in [0.15, 0.2) is 0 Å². The summed E-state index contributed by atoms with van der Waals surface area (Å²) >= 11 is 0. The van der Waals surface area contributed by atoms with Crippen molar-refractivity contribution in [2.75, 3.05) is 39.6 Å². The lowest BCUT2D eigenvalue weighted by Gasteiger charge is -2.19. The molecule has 0 aromatic carbocycles. The second kappa shape index (κ2) is 8.77. The zero-order valence-corrected chi connectivity index (χ0v) is 10.6.